The Morgan fingerprint density at radius 2 is 1.00 bits per heavy atom. The first-order valence-electron chi connectivity index (χ1n) is 6.93. The highest BCUT2D eigenvalue weighted by Crippen LogP contribution is 2.19. The van der Waals surface area contributed by atoms with Gasteiger partial charge < -0.3 is 0 Å². The van der Waals surface area contributed by atoms with Crippen molar-refractivity contribution < 1.29 is 8.42 Å². The third kappa shape index (κ3) is 6.52. The lowest BCUT2D eigenvalue weighted by molar-refractivity contribution is 0.607. The van der Waals surface area contributed by atoms with Crippen LogP contribution in [0, 0.1) is 0 Å². The van der Waals surface area contributed by atoms with Crippen LogP contribution >= 0.6 is 22.7 Å². The summed E-state index contributed by atoms with van der Waals surface area (Å²) in [4.78, 5) is 0. The van der Waals surface area contributed by atoms with E-state index in [1.54, 1.807) is 22.7 Å². The monoisotopic (exact) mass is 362 g/mol. The van der Waals surface area contributed by atoms with Crippen molar-refractivity contribution in [1.82, 2.24) is 0 Å². The highest BCUT2D eigenvalue weighted by molar-refractivity contribution is 7.89. The molecular formula is C18H18O2S3. The van der Waals surface area contributed by atoms with Gasteiger partial charge in [-0.25, -0.2) is 8.42 Å². The smallest absolute Gasteiger partial charge is 0.144 e. The lowest BCUT2D eigenvalue weighted by atomic mass is 10.3. The third-order valence-electron chi connectivity index (χ3n) is 2.72. The summed E-state index contributed by atoms with van der Waals surface area (Å²) < 4.78 is 22.0. The summed E-state index contributed by atoms with van der Waals surface area (Å²) in [6, 6.07) is 21.1. The quantitative estimate of drug-likeness (QED) is 0.416. The first-order chi connectivity index (χ1) is 10.9. The predicted molar refractivity (Wildman–Crippen MR) is 104 cm³/mol. The summed E-state index contributed by atoms with van der Waals surface area (Å²) in [5.41, 5.74) is 0. The molecule has 2 aromatic heterocycles. The Labute approximate surface area is 144 Å². The molecule has 0 unspecified atom stereocenters. The van der Waals surface area contributed by atoms with Crippen LogP contribution in [0.3, 0.4) is 0 Å². The average Bonchev–Trinajstić information content (AvgIpc) is 3.15. The largest absolute Gasteiger partial charge is 0.229 e. The summed E-state index contributed by atoms with van der Waals surface area (Å²) >= 11 is 3.57. The van der Waals surface area contributed by atoms with Crippen LogP contribution in [0.2, 0.25) is 0 Å². The number of fused-ring (bicyclic) bond motifs is 2. The molecule has 4 aromatic rings. The highest BCUT2D eigenvalue weighted by atomic mass is 32.2. The molecule has 2 nitrogen and oxygen atoms in total. The van der Waals surface area contributed by atoms with E-state index in [1.807, 2.05) is 0 Å². The molecule has 2 heterocycles. The molecule has 0 bridgehead atoms. The van der Waals surface area contributed by atoms with Gasteiger partial charge in [0.25, 0.3) is 0 Å². The molecule has 5 heteroatoms. The zero-order valence-corrected chi connectivity index (χ0v) is 15.4. The Morgan fingerprint density at radius 1 is 0.652 bits per heavy atom. The second kappa shape index (κ2) is 8.24. The first kappa shape index (κ1) is 17.7. The van der Waals surface area contributed by atoms with Crippen molar-refractivity contribution in [2.24, 2.45) is 0 Å². The van der Waals surface area contributed by atoms with Crippen molar-refractivity contribution in [2.45, 2.75) is 0 Å². The van der Waals surface area contributed by atoms with Crippen molar-refractivity contribution >= 4 is 52.7 Å². The third-order valence-corrected chi connectivity index (χ3v) is 4.52. The van der Waals surface area contributed by atoms with Crippen LogP contribution in [0.25, 0.3) is 20.2 Å². The molecule has 0 radical (unpaired) electrons. The highest BCUT2D eigenvalue weighted by Gasteiger charge is 1.88. The minimum Gasteiger partial charge on any atom is -0.229 e. The number of benzene rings is 2. The van der Waals surface area contributed by atoms with E-state index in [-0.39, 0.29) is 0 Å². The van der Waals surface area contributed by atoms with Gasteiger partial charge in [-0.15, -0.1) is 22.7 Å². The Bertz CT molecular complexity index is 831. The van der Waals surface area contributed by atoms with E-state index in [1.165, 1.54) is 20.2 Å². The SMILES string of the molecule is CS(C)(=O)=O.c1ccc2sccc2c1.c1ccc2sccc2c1. The molecule has 120 valence electrons. The molecule has 0 aliphatic heterocycles. The fourth-order valence-electron chi connectivity index (χ4n) is 1.81. The van der Waals surface area contributed by atoms with E-state index in [0.29, 0.717) is 0 Å². The second-order valence-electron chi connectivity index (χ2n) is 5.06. The first-order valence-corrected chi connectivity index (χ1v) is 11.0. The van der Waals surface area contributed by atoms with Crippen LogP contribution in [-0.2, 0) is 9.84 Å². The molecule has 2 aromatic carbocycles. The molecular weight excluding hydrogens is 344 g/mol. The van der Waals surface area contributed by atoms with E-state index in [4.69, 9.17) is 0 Å². The average molecular weight is 363 g/mol. The standard InChI is InChI=1S/2C8H6S.C2H6O2S/c2*1-2-4-8-7(3-1)5-6-9-8;1-5(2,3)4/h2*1-6H;1-2H3. The Morgan fingerprint density at radius 3 is 1.35 bits per heavy atom. The van der Waals surface area contributed by atoms with Gasteiger partial charge in [0.2, 0.25) is 0 Å². The second-order valence-corrected chi connectivity index (χ2v) is 9.24. The van der Waals surface area contributed by atoms with Crippen molar-refractivity contribution in [3.8, 4) is 0 Å². The topological polar surface area (TPSA) is 34.1 Å². The van der Waals surface area contributed by atoms with Gasteiger partial charge in [-0.2, -0.15) is 0 Å². The molecule has 0 saturated heterocycles. The number of rotatable bonds is 0. The van der Waals surface area contributed by atoms with Gasteiger partial charge in [0, 0.05) is 21.9 Å². The molecule has 0 aliphatic carbocycles. The minimum absolute atomic E-state index is 1.16. The maximum absolute atomic E-state index is 9.63. The van der Waals surface area contributed by atoms with Crippen LogP contribution in [0.15, 0.2) is 71.4 Å². The van der Waals surface area contributed by atoms with Gasteiger partial charge in [0.15, 0.2) is 0 Å². The van der Waals surface area contributed by atoms with E-state index >= 15 is 0 Å². The molecule has 0 N–H and O–H groups in total. The van der Waals surface area contributed by atoms with Crippen LogP contribution in [0.4, 0.5) is 0 Å². The van der Waals surface area contributed by atoms with E-state index in [9.17, 15) is 8.42 Å². The lowest BCUT2D eigenvalue weighted by Gasteiger charge is -1.82. The van der Waals surface area contributed by atoms with Gasteiger partial charge in [-0.3, -0.25) is 0 Å². The number of hydrogen-bond acceptors (Lipinski definition) is 4. The number of sulfone groups is 1. The Balaban J connectivity index is 0.000000132. The van der Waals surface area contributed by atoms with E-state index in [0.717, 1.165) is 12.5 Å². The van der Waals surface area contributed by atoms with Gasteiger partial charge in [0.1, 0.15) is 9.84 Å². The Hall–Kier alpha value is -1.69. The molecule has 0 spiro atoms. The van der Waals surface area contributed by atoms with E-state index in [2.05, 4.69) is 71.4 Å². The van der Waals surface area contributed by atoms with Crippen LogP contribution in [-0.4, -0.2) is 20.9 Å². The maximum atomic E-state index is 9.63. The van der Waals surface area contributed by atoms with Crippen molar-refractivity contribution in [1.29, 1.82) is 0 Å². The summed E-state index contributed by atoms with van der Waals surface area (Å²) in [6.45, 7) is 0. The lowest BCUT2D eigenvalue weighted by Crippen LogP contribution is -1.86. The van der Waals surface area contributed by atoms with Gasteiger partial charge in [-0.1, -0.05) is 36.4 Å². The summed E-state index contributed by atoms with van der Waals surface area (Å²) in [5.74, 6) is 0. The molecule has 4 rings (SSSR count). The zero-order valence-electron chi connectivity index (χ0n) is 13.0. The molecule has 0 fully saturated rings. The molecule has 0 atom stereocenters. The van der Waals surface area contributed by atoms with Gasteiger partial charge in [0.05, 0.1) is 0 Å². The Kier molecular flexibility index (Phi) is 6.33. The maximum Gasteiger partial charge on any atom is 0.144 e. The van der Waals surface area contributed by atoms with Crippen LogP contribution < -0.4 is 0 Å². The van der Waals surface area contributed by atoms with Crippen LogP contribution in [0.1, 0.15) is 0 Å². The predicted octanol–water partition coefficient (Wildman–Crippen LogP) is 5.46. The number of hydrogen-bond donors (Lipinski definition) is 0. The fraction of sp³-hybridized carbons (Fsp3) is 0.111. The van der Waals surface area contributed by atoms with Crippen molar-refractivity contribution in [3.05, 3.63) is 71.4 Å². The summed E-state index contributed by atoms with van der Waals surface area (Å²) in [6.07, 6.45) is 2.32. The van der Waals surface area contributed by atoms with Crippen LogP contribution in [0.5, 0.6) is 0 Å². The van der Waals surface area contributed by atoms with Crippen molar-refractivity contribution in [2.75, 3.05) is 12.5 Å². The summed E-state index contributed by atoms with van der Waals surface area (Å²) in [5, 5.41) is 6.93. The fourth-order valence-corrected chi connectivity index (χ4v) is 3.39. The molecule has 0 amide bonds. The van der Waals surface area contributed by atoms with Gasteiger partial charge in [-0.05, 0) is 45.8 Å². The normalized spacial score (nSPS) is 10.5. The summed E-state index contributed by atoms with van der Waals surface area (Å²) in [7, 11) is -2.67. The zero-order chi connectivity index (χ0) is 16.7. The molecule has 23 heavy (non-hydrogen) atoms. The van der Waals surface area contributed by atoms with E-state index < -0.39 is 9.84 Å². The molecule has 0 saturated carbocycles. The minimum atomic E-state index is -2.67. The number of thiophene rings is 2. The van der Waals surface area contributed by atoms with Gasteiger partial charge >= 0.3 is 0 Å². The van der Waals surface area contributed by atoms with Crippen molar-refractivity contribution in [3.63, 3.8) is 0 Å². The molecule has 0 aliphatic rings.